The Labute approximate surface area is 105 Å². The topological polar surface area (TPSA) is 22.1 Å². The monoisotopic (exact) mass is 235 g/mol. The third-order valence-electron chi connectivity index (χ3n) is 2.84. The fourth-order valence-corrected chi connectivity index (χ4v) is 1.79. The van der Waals surface area contributed by atoms with Crippen LogP contribution < -0.4 is 0 Å². The minimum Gasteiger partial charge on any atom is -0.381 e. The van der Waals surface area contributed by atoms with Gasteiger partial charge >= 0.3 is 0 Å². The predicted octanol–water partition coefficient (Wildman–Crippen LogP) is 4.00. The summed E-state index contributed by atoms with van der Waals surface area (Å²) >= 11 is 0. The smallest absolute Gasteiger partial charge is 0.0466 e. The van der Waals surface area contributed by atoms with E-state index in [2.05, 4.69) is 18.0 Å². The summed E-state index contributed by atoms with van der Waals surface area (Å²) < 4.78 is 5.60. The first kappa shape index (κ1) is 14.2. The van der Waals surface area contributed by atoms with Crippen LogP contribution in [0.3, 0.4) is 0 Å². The number of nitrogens with zero attached hydrogens (tertiary/aromatic N) is 1. The van der Waals surface area contributed by atoms with E-state index < -0.39 is 0 Å². The second-order valence-corrected chi connectivity index (χ2v) is 4.45. The molecule has 0 unspecified atom stereocenters. The molecule has 0 spiro atoms. The summed E-state index contributed by atoms with van der Waals surface area (Å²) in [7, 11) is 0. The molecule has 2 nitrogen and oxygen atoms in total. The first-order valence-electron chi connectivity index (χ1n) is 6.91. The van der Waals surface area contributed by atoms with E-state index in [0.29, 0.717) is 0 Å². The van der Waals surface area contributed by atoms with Gasteiger partial charge in [-0.25, -0.2) is 0 Å². The molecule has 1 rings (SSSR count). The van der Waals surface area contributed by atoms with E-state index in [-0.39, 0.29) is 0 Å². The van der Waals surface area contributed by atoms with Gasteiger partial charge in [-0.2, -0.15) is 0 Å². The van der Waals surface area contributed by atoms with Gasteiger partial charge in [-0.1, -0.05) is 32.3 Å². The largest absolute Gasteiger partial charge is 0.381 e. The molecule has 0 aliphatic rings. The van der Waals surface area contributed by atoms with E-state index >= 15 is 0 Å². The molecule has 1 aromatic heterocycles. The van der Waals surface area contributed by atoms with E-state index in [9.17, 15) is 0 Å². The molecule has 0 saturated carbocycles. The number of hydrogen-bond acceptors (Lipinski definition) is 2. The standard InChI is InChI=1S/C15H25NO/c1-2-3-4-8-13-17-14-9-6-11-15-10-5-7-12-16-15/h5,7,10,12H,2-4,6,8-9,11,13-14H2,1H3. The van der Waals surface area contributed by atoms with Crippen LogP contribution in [0, 0.1) is 0 Å². The lowest BCUT2D eigenvalue weighted by Crippen LogP contribution is -1.98. The second-order valence-electron chi connectivity index (χ2n) is 4.45. The van der Waals surface area contributed by atoms with Crippen LogP contribution in [0.25, 0.3) is 0 Å². The van der Waals surface area contributed by atoms with Crippen molar-refractivity contribution in [2.45, 2.75) is 51.9 Å². The molecule has 0 aliphatic heterocycles. The zero-order valence-electron chi connectivity index (χ0n) is 11.0. The molecule has 0 fully saturated rings. The van der Waals surface area contributed by atoms with Crippen LogP contribution >= 0.6 is 0 Å². The number of rotatable bonds is 10. The van der Waals surface area contributed by atoms with Gasteiger partial charge in [0.15, 0.2) is 0 Å². The Bertz CT molecular complexity index is 261. The molecule has 0 bridgehead atoms. The molecule has 0 saturated heterocycles. The summed E-state index contributed by atoms with van der Waals surface area (Å²) in [5.74, 6) is 0. The van der Waals surface area contributed by atoms with E-state index in [4.69, 9.17) is 4.74 Å². The number of ether oxygens (including phenoxy) is 1. The van der Waals surface area contributed by atoms with Crippen LogP contribution in [0.5, 0.6) is 0 Å². The Morgan fingerprint density at radius 1 is 1.00 bits per heavy atom. The van der Waals surface area contributed by atoms with Crippen LogP contribution in [0.2, 0.25) is 0 Å². The van der Waals surface area contributed by atoms with Gasteiger partial charge in [-0.05, 0) is 37.8 Å². The highest BCUT2D eigenvalue weighted by Gasteiger charge is 1.94. The highest BCUT2D eigenvalue weighted by molar-refractivity contribution is 5.03. The zero-order chi connectivity index (χ0) is 12.2. The molecule has 17 heavy (non-hydrogen) atoms. The molecule has 0 aromatic carbocycles. The number of aryl methyl sites for hydroxylation is 1. The van der Waals surface area contributed by atoms with E-state index in [1.54, 1.807) is 0 Å². The van der Waals surface area contributed by atoms with Crippen molar-refractivity contribution in [3.05, 3.63) is 30.1 Å². The fraction of sp³-hybridized carbons (Fsp3) is 0.667. The molecule has 1 heterocycles. The maximum atomic E-state index is 5.60. The lowest BCUT2D eigenvalue weighted by Gasteiger charge is -2.04. The second kappa shape index (κ2) is 10.3. The van der Waals surface area contributed by atoms with E-state index in [1.807, 2.05) is 18.3 Å². The Morgan fingerprint density at radius 3 is 2.53 bits per heavy atom. The van der Waals surface area contributed by atoms with E-state index in [1.165, 1.54) is 37.8 Å². The minimum absolute atomic E-state index is 0.902. The van der Waals surface area contributed by atoms with Crippen molar-refractivity contribution in [1.29, 1.82) is 0 Å². The van der Waals surface area contributed by atoms with Gasteiger partial charge in [-0.3, -0.25) is 4.98 Å². The Kier molecular flexibility index (Phi) is 8.57. The van der Waals surface area contributed by atoms with Crippen LogP contribution in [0.4, 0.5) is 0 Å². The Morgan fingerprint density at radius 2 is 1.82 bits per heavy atom. The molecule has 0 amide bonds. The Hall–Kier alpha value is -0.890. The average Bonchev–Trinajstić information content (AvgIpc) is 2.38. The van der Waals surface area contributed by atoms with Crippen molar-refractivity contribution in [3.63, 3.8) is 0 Å². The maximum Gasteiger partial charge on any atom is 0.0466 e. The molecule has 0 atom stereocenters. The summed E-state index contributed by atoms with van der Waals surface area (Å²) in [5.41, 5.74) is 1.19. The van der Waals surface area contributed by atoms with Gasteiger partial charge in [-0.15, -0.1) is 0 Å². The molecule has 1 aromatic rings. The first-order chi connectivity index (χ1) is 8.43. The quantitative estimate of drug-likeness (QED) is 0.572. The van der Waals surface area contributed by atoms with Crippen molar-refractivity contribution in [2.24, 2.45) is 0 Å². The van der Waals surface area contributed by atoms with Gasteiger partial charge in [0.25, 0.3) is 0 Å². The molecular weight excluding hydrogens is 210 g/mol. The lowest BCUT2D eigenvalue weighted by atomic mass is 10.2. The molecular formula is C15H25NO. The number of pyridine rings is 1. The van der Waals surface area contributed by atoms with Crippen LogP contribution in [0.1, 0.15) is 51.1 Å². The highest BCUT2D eigenvalue weighted by Crippen LogP contribution is 2.02. The highest BCUT2D eigenvalue weighted by atomic mass is 16.5. The van der Waals surface area contributed by atoms with Crippen molar-refractivity contribution < 1.29 is 4.74 Å². The van der Waals surface area contributed by atoms with Crippen molar-refractivity contribution in [1.82, 2.24) is 4.98 Å². The number of hydrogen-bond donors (Lipinski definition) is 0. The zero-order valence-corrected chi connectivity index (χ0v) is 11.0. The van der Waals surface area contributed by atoms with Gasteiger partial charge in [0, 0.05) is 25.1 Å². The van der Waals surface area contributed by atoms with Crippen molar-refractivity contribution in [3.8, 4) is 0 Å². The molecule has 2 heteroatoms. The van der Waals surface area contributed by atoms with Crippen molar-refractivity contribution >= 4 is 0 Å². The molecule has 0 aliphatic carbocycles. The summed E-state index contributed by atoms with van der Waals surface area (Å²) in [5, 5.41) is 0. The van der Waals surface area contributed by atoms with Gasteiger partial charge < -0.3 is 4.74 Å². The normalized spacial score (nSPS) is 10.6. The van der Waals surface area contributed by atoms with Crippen LogP contribution in [0.15, 0.2) is 24.4 Å². The van der Waals surface area contributed by atoms with Gasteiger partial charge in [0.05, 0.1) is 0 Å². The number of aromatic nitrogens is 1. The fourth-order valence-electron chi connectivity index (χ4n) is 1.79. The maximum absolute atomic E-state index is 5.60. The average molecular weight is 235 g/mol. The molecule has 96 valence electrons. The summed E-state index contributed by atoms with van der Waals surface area (Å²) in [4.78, 5) is 4.31. The number of unbranched alkanes of at least 4 members (excludes halogenated alkanes) is 4. The summed E-state index contributed by atoms with van der Waals surface area (Å²) in [6.07, 6.45) is 10.4. The Balaban J connectivity index is 1.85. The van der Waals surface area contributed by atoms with E-state index in [0.717, 1.165) is 26.1 Å². The third-order valence-corrected chi connectivity index (χ3v) is 2.84. The van der Waals surface area contributed by atoms with Gasteiger partial charge in [0.2, 0.25) is 0 Å². The minimum atomic E-state index is 0.902. The van der Waals surface area contributed by atoms with Gasteiger partial charge in [0.1, 0.15) is 0 Å². The van der Waals surface area contributed by atoms with Crippen LogP contribution in [-0.2, 0) is 11.2 Å². The predicted molar refractivity (Wildman–Crippen MR) is 72.1 cm³/mol. The summed E-state index contributed by atoms with van der Waals surface area (Å²) in [6.45, 7) is 4.07. The van der Waals surface area contributed by atoms with Crippen molar-refractivity contribution in [2.75, 3.05) is 13.2 Å². The third kappa shape index (κ3) is 7.92. The SMILES string of the molecule is CCCCCCOCCCCc1ccccn1. The molecule has 0 radical (unpaired) electrons. The molecule has 0 N–H and O–H groups in total. The first-order valence-corrected chi connectivity index (χ1v) is 6.91. The lowest BCUT2D eigenvalue weighted by molar-refractivity contribution is 0.126. The summed E-state index contributed by atoms with van der Waals surface area (Å²) in [6, 6.07) is 6.10. The van der Waals surface area contributed by atoms with Crippen LogP contribution in [-0.4, -0.2) is 18.2 Å².